The van der Waals surface area contributed by atoms with Gasteiger partial charge in [0.05, 0.1) is 6.61 Å². The van der Waals surface area contributed by atoms with Crippen molar-refractivity contribution in [3.63, 3.8) is 0 Å². The Kier molecular flexibility index (Phi) is 11.9. The van der Waals surface area contributed by atoms with Crippen molar-refractivity contribution in [2.24, 2.45) is 4.99 Å². The maximum atomic E-state index is 9.71. The number of halogens is 1. The molecule has 1 atom stereocenters. The minimum Gasteiger partial charge on any atom is -0.396 e. The van der Waals surface area contributed by atoms with E-state index in [1.54, 1.807) is 7.05 Å². The van der Waals surface area contributed by atoms with Crippen molar-refractivity contribution in [3.8, 4) is 0 Å². The molecule has 2 aromatic rings. The van der Waals surface area contributed by atoms with Crippen molar-refractivity contribution in [2.75, 3.05) is 59.5 Å². The lowest BCUT2D eigenvalue weighted by Crippen LogP contribution is -2.49. The van der Waals surface area contributed by atoms with E-state index in [4.69, 9.17) is 0 Å². The lowest BCUT2D eigenvalue weighted by Gasteiger charge is -2.34. The highest BCUT2D eigenvalue weighted by atomic mass is 127. The summed E-state index contributed by atoms with van der Waals surface area (Å²) in [5.74, 6) is 0.842. The number of aliphatic imine (C=N–C) groups is 1. The molecule has 31 heavy (non-hydrogen) atoms. The van der Waals surface area contributed by atoms with Crippen molar-refractivity contribution in [1.29, 1.82) is 0 Å². The molecule has 1 saturated heterocycles. The van der Waals surface area contributed by atoms with Crippen LogP contribution in [0.15, 0.2) is 65.7 Å². The summed E-state index contributed by atoms with van der Waals surface area (Å²) in [4.78, 5) is 9.34. The van der Waals surface area contributed by atoms with E-state index in [1.165, 1.54) is 5.56 Å². The largest absolute Gasteiger partial charge is 0.396 e. The second-order valence-corrected chi connectivity index (χ2v) is 7.77. The number of aliphatic hydroxyl groups excluding tert-OH is 1. The van der Waals surface area contributed by atoms with Gasteiger partial charge in [0.15, 0.2) is 5.96 Å². The number of hydrogen-bond acceptors (Lipinski definition) is 4. The Balaban J connectivity index is 0.00000341. The summed E-state index contributed by atoms with van der Waals surface area (Å²) in [6.45, 7) is 8.07. The predicted octanol–water partition coefficient (Wildman–Crippen LogP) is 2.36. The van der Waals surface area contributed by atoms with Gasteiger partial charge in [-0.05, 0) is 11.1 Å². The molecule has 0 saturated carbocycles. The number of benzene rings is 2. The third-order valence-electron chi connectivity index (χ3n) is 5.67. The molecular weight excluding hydrogens is 501 g/mol. The molecule has 0 aromatic heterocycles. The summed E-state index contributed by atoms with van der Waals surface area (Å²) in [5, 5.41) is 16.5. The Morgan fingerprint density at radius 1 is 0.935 bits per heavy atom. The summed E-state index contributed by atoms with van der Waals surface area (Å²) >= 11 is 0. The van der Waals surface area contributed by atoms with Crippen molar-refractivity contribution in [3.05, 3.63) is 71.8 Å². The zero-order chi connectivity index (χ0) is 21.0. The van der Waals surface area contributed by atoms with Gasteiger partial charge in [0.1, 0.15) is 0 Å². The maximum Gasteiger partial charge on any atom is 0.191 e. The van der Waals surface area contributed by atoms with Crippen LogP contribution in [0.5, 0.6) is 0 Å². The molecule has 7 heteroatoms. The van der Waals surface area contributed by atoms with Gasteiger partial charge < -0.3 is 15.7 Å². The van der Waals surface area contributed by atoms with Gasteiger partial charge in [-0.25, -0.2) is 0 Å². The molecule has 0 bridgehead atoms. The molecule has 1 fully saturated rings. The molecule has 3 N–H and O–H groups in total. The van der Waals surface area contributed by atoms with Gasteiger partial charge in [0.2, 0.25) is 0 Å². The van der Waals surface area contributed by atoms with Gasteiger partial charge >= 0.3 is 0 Å². The Morgan fingerprint density at radius 2 is 1.55 bits per heavy atom. The van der Waals surface area contributed by atoms with Crippen LogP contribution in [0, 0.1) is 0 Å². The van der Waals surface area contributed by atoms with Crippen LogP contribution < -0.4 is 10.6 Å². The van der Waals surface area contributed by atoms with Crippen LogP contribution >= 0.6 is 24.0 Å². The number of nitrogens with zero attached hydrogens (tertiary/aromatic N) is 3. The predicted molar refractivity (Wildman–Crippen MR) is 139 cm³/mol. The molecule has 6 nitrogen and oxygen atoms in total. The van der Waals surface area contributed by atoms with E-state index in [9.17, 15) is 5.11 Å². The summed E-state index contributed by atoms with van der Waals surface area (Å²) in [7, 11) is 1.79. The Bertz CT molecular complexity index is 751. The van der Waals surface area contributed by atoms with E-state index in [2.05, 4.69) is 67.9 Å². The van der Waals surface area contributed by atoms with Gasteiger partial charge in [-0.3, -0.25) is 14.8 Å². The number of piperazine rings is 1. The lowest BCUT2D eigenvalue weighted by molar-refractivity contribution is 0.129. The van der Waals surface area contributed by atoms with Gasteiger partial charge in [-0.2, -0.15) is 0 Å². The maximum absolute atomic E-state index is 9.71. The Labute approximate surface area is 203 Å². The highest BCUT2D eigenvalue weighted by Gasteiger charge is 2.17. The van der Waals surface area contributed by atoms with E-state index < -0.39 is 0 Å². The Morgan fingerprint density at radius 3 is 2.16 bits per heavy atom. The second kappa shape index (κ2) is 14.4. The van der Waals surface area contributed by atoms with Crippen LogP contribution in [0.2, 0.25) is 0 Å². The summed E-state index contributed by atoms with van der Waals surface area (Å²) in [6.07, 6.45) is 0. The average molecular weight is 537 g/mol. The first-order chi connectivity index (χ1) is 14.8. The summed E-state index contributed by atoms with van der Waals surface area (Å²) in [6, 6.07) is 20.8. The monoisotopic (exact) mass is 537 g/mol. The molecule has 0 aliphatic carbocycles. The van der Waals surface area contributed by atoms with E-state index in [1.807, 2.05) is 18.2 Å². The topological polar surface area (TPSA) is 63.1 Å². The van der Waals surface area contributed by atoms with Crippen LogP contribution in [-0.4, -0.2) is 80.3 Å². The molecule has 0 radical (unpaired) electrons. The Hall–Kier alpha value is -1.68. The van der Waals surface area contributed by atoms with Crippen LogP contribution in [0.1, 0.15) is 17.0 Å². The fourth-order valence-electron chi connectivity index (χ4n) is 3.80. The number of guanidine groups is 1. The molecule has 1 aliphatic rings. The third kappa shape index (κ3) is 8.76. The minimum absolute atomic E-state index is 0. The van der Waals surface area contributed by atoms with E-state index >= 15 is 0 Å². The summed E-state index contributed by atoms with van der Waals surface area (Å²) < 4.78 is 0. The normalized spacial score (nSPS) is 16.4. The first-order valence-electron chi connectivity index (χ1n) is 10.9. The molecule has 0 amide bonds. The standard InChI is InChI=1S/C24H35N5O.HI/c1-25-24(27-18-23(20-30)22-10-6-3-7-11-22)26-12-13-28-14-16-29(17-15-28)19-21-8-4-2-5-9-21;/h2-11,23,30H,12-20H2,1H3,(H2,25,26,27);1H. The number of aliphatic hydroxyl groups is 1. The molecule has 3 rings (SSSR count). The fourth-order valence-corrected chi connectivity index (χ4v) is 3.80. The fraction of sp³-hybridized carbons (Fsp3) is 0.458. The van der Waals surface area contributed by atoms with Crippen LogP contribution in [0.3, 0.4) is 0 Å². The number of nitrogens with one attached hydrogen (secondary N) is 2. The van der Waals surface area contributed by atoms with Crippen LogP contribution in [0.4, 0.5) is 0 Å². The first-order valence-corrected chi connectivity index (χ1v) is 10.9. The van der Waals surface area contributed by atoms with Gasteiger partial charge in [-0.15, -0.1) is 24.0 Å². The first kappa shape index (κ1) is 25.6. The van der Waals surface area contributed by atoms with Crippen molar-refractivity contribution >= 4 is 29.9 Å². The zero-order valence-electron chi connectivity index (χ0n) is 18.4. The van der Waals surface area contributed by atoms with Gasteiger partial charge in [-0.1, -0.05) is 60.7 Å². The highest BCUT2D eigenvalue weighted by Crippen LogP contribution is 2.13. The molecule has 1 aliphatic heterocycles. The smallest absolute Gasteiger partial charge is 0.191 e. The second-order valence-electron chi connectivity index (χ2n) is 7.77. The average Bonchev–Trinajstić information content (AvgIpc) is 2.81. The lowest BCUT2D eigenvalue weighted by atomic mass is 10.0. The molecule has 170 valence electrons. The van der Waals surface area contributed by atoms with Crippen LogP contribution in [0.25, 0.3) is 0 Å². The highest BCUT2D eigenvalue weighted by molar-refractivity contribution is 14.0. The van der Waals surface area contributed by atoms with E-state index in [-0.39, 0.29) is 36.5 Å². The third-order valence-corrected chi connectivity index (χ3v) is 5.67. The molecular formula is C24H36IN5O. The van der Waals surface area contributed by atoms with Crippen molar-refractivity contribution < 1.29 is 5.11 Å². The van der Waals surface area contributed by atoms with E-state index in [0.29, 0.717) is 6.54 Å². The van der Waals surface area contributed by atoms with Gasteiger partial charge in [0, 0.05) is 65.3 Å². The SMILES string of the molecule is CN=C(NCCN1CCN(Cc2ccccc2)CC1)NCC(CO)c1ccccc1.I. The zero-order valence-corrected chi connectivity index (χ0v) is 20.7. The number of rotatable bonds is 9. The summed E-state index contributed by atoms with van der Waals surface area (Å²) in [5.41, 5.74) is 2.52. The molecule has 2 aromatic carbocycles. The van der Waals surface area contributed by atoms with Gasteiger partial charge in [0.25, 0.3) is 0 Å². The molecule has 0 spiro atoms. The molecule has 1 unspecified atom stereocenters. The van der Waals surface area contributed by atoms with Crippen molar-refractivity contribution in [1.82, 2.24) is 20.4 Å². The van der Waals surface area contributed by atoms with Crippen LogP contribution in [-0.2, 0) is 6.54 Å². The number of hydrogen-bond donors (Lipinski definition) is 3. The quantitative estimate of drug-likeness (QED) is 0.261. The minimum atomic E-state index is 0. The molecule has 1 heterocycles. The van der Waals surface area contributed by atoms with E-state index in [0.717, 1.165) is 57.3 Å². The van der Waals surface area contributed by atoms with Crippen molar-refractivity contribution in [2.45, 2.75) is 12.5 Å².